The first-order valence-electron chi connectivity index (χ1n) is 13.5. The highest BCUT2D eigenvalue weighted by molar-refractivity contribution is 7.96. The summed E-state index contributed by atoms with van der Waals surface area (Å²) in [5.74, 6) is 0. The predicted molar refractivity (Wildman–Crippen MR) is 170 cm³/mol. The van der Waals surface area contributed by atoms with Crippen molar-refractivity contribution in [3.63, 3.8) is 0 Å². The van der Waals surface area contributed by atoms with Crippen molar-refractivity contribution in [2.75, 3.05) is 0 Å². The Hall–Kier alpha value is -3.96. The molecule has 0 N–H and O–H groups in total. The molecule has 4 heteroatoms. The highest BCUT2D eigenvalue weighted by Crippen LogP contribution is 2.76. The molecule has 0 spiro atoms. The molecular formula is C36H30O2P2. The van der Waals surface area contributed by atoms with Crippen molar-refractivity contribution in [2.24, 2.45) is 0 Å². The van der Waals surface area contributed by atoms with Gasteiger partial charge in [0.1, 0.15) is 4.90 Å². The van der Waals surface area contributed by atoms with Crippen LogP contribution in [0.15, 0.2) is 170 Å². The van der Waals surface area contributed by atoms with Gasteiger partial charge in [0.15, 0.2) is 14.3 Å². The number of hydrogen-bond acceptors (Lipinski definition) is 2. The standard InChI is InChI=1S/C36H30O2P2/c37-39(32-18-8-2-9-19-32,33-20-10-3-11-21-33)36(28-26-31(27-29-36)30-16-6-1-7-17-30)40(38,34-22-12-4-13-23-34)35-24-14-5-15-25-35/h1-28H,29H2. The quantitative estimate of drug-likeness (QED) is 0.192. The molecule has 40 heavy (non-hydrogen) atoms. The number of hydrogen-bond donors (Lipinski definition) is 0. The molecular weight excluding hydrogens is 526 g/mol. The molecule has 0 aliphatic heterocycles. The summed E-state index contributed by atoms with van der Waals surface area (Å²) in [5.41, 5.74) is 2.12. The van der Waals surface area contributed by atoms with Crippen LogP contribution < -0.4 is 21.2 Å². The smallest absolute Gasteiger partial charge is 0.160 e. The van der Waals surface area contributed by atoms with E-state index in [2.05, 4.69) is 18.2 Å². The van der Waals surface area contributed by atoms with Crippen LogP contribution in [0, 0.1) is 0 Å². The number of benzene rings is 5. The van der Waals surface area contributed by atoms with Crippen LogP contribution in [-0.4, -0.2) is 4.90 Å². The number of allylic oxidation sites excluding steroid dienone is 4. The average Bonchev–Trinajstić information content (AvgIpc) is 3.06. The molecule has 0 bridgehead atoms. The molecule has 5 aromatic rings. The second-order valence-electron chi connectivity index (χ2n) is 10.0. The van der Waals surface area contributed by atoms with E-state index in [-0.39, 0.29) is 0 Å². The minimum Gasteiger partial charge on any atom is -0.312 e. The minimum atomic E-state index is -3.60. The normalized spacial score (nSPS) is 14.8. The molecule has 5 aromatic carbocycles. The third-order valence-corrected chi connectivity index (χ3v) is 16.5. The van der Waals surface area contributed by atoms with Gasteiger partial charge in [-0.15, -0.1) is 0 Å². The van der Waals surface area contributed by atoms with Crippen LogP contribution >= 0.6 is 14.3 Å². The SMILES string of the molecule is O=P(c1ccccc1)(c1ccccc1)C1(P(=O)(c2ccccc2)c2ccccc2)C=CC(c2ccccc2)=CC1. The van der Waals surface area contributed by atoms with Gasteiger partial charge in [-0.1, -0.05) is 170 Å². The van der Waals surface area contributed by atoms with E-state index in [9.17, 15) is 0 Å². The first kappa shape index (κ1) is 26.3. The Labute approximate surface area is 236 Å². The van der Waals surface area contributed by atoms with Crippen molar-refractivity contribution in [3.8, 4) is 0 Å². The lowest BCUT2D eigenvalue weighted by atomic mass is 9.99. The van der Waals surface area contributed by atoms with Gasteiger partial charge in [-0.25, -0.2) is 0 Å². The molecule has 0 heterocycles. The third kappa shape index (κ3) is 4.20. The molecule has 0 radical (unpaired) electrons. The van der Waals surface area contributed by atoms with Crippen LogP contribution in [0.2, 0.25) is 0 Å². The monoisotopic (exact) mass is 556 g/mol. The van der Waals surface area contributed by atoms with Gasteiger partial charge in [-0.2, -0.15) is 0 Å². The van der Waals surface area contributed by atoms with Crippen molar-refractivity contribution < 1.29 is 9.13 Å². The highest BCUT2D eigenvalue weighted by Gasteiger charge is 2.60. The van der Waals surface area contributed by atoms with Gasteiger partial charge in [0.05, 0.1) is 0 Å². The van der Waals surface area contributed by atoms with Crippen LogP contribution in [0.1, 0.15) is 12.0 Å². The van der Waals surface area contributed by atoms with Crippen molar-refractivity contribution in [3.05, 3.63) is 175 Å². The van der Waals surface area contributed by atoms with Gasteiger partial charge in [0.2, 0.25) is 0 Å². The molecule has 0 aromatic heterocycles. The summed E-state index contributed by atoms with van der Waals surface area (Å²) < 4.78 is 32.6. The number of rotatable bonds is 7. The topological polar surface area (TPSA) is 34.1 Å². The van der Waals surface area contributed by atoms with Crippen molar-refractivity contribution >= 4 is 41.1 Å². The fourth-order valence-corrected chi connectivity index (χ4v) is 14.9. The zero-order valence-electron chi connectivity index (χ0n) is 22.1. The highest BCUT2D eigenvalue weighted by atomic mass is 31.2. The first-order chi connectivity index (χ1) is 19.6. The van der Waals surface area contributed by atoms with E-state index in [0.717, 1.165) is 11.1 Å². The fraction of sp³-hybridized carbons (Fsp3) is 0.0556. The molecule has 0 saturated carbocycles. The van der Waals surface area contributed by atoms with Gasteiger partial charge < -0.3 is 9.13 Å². The van der Waals surface area contributed by atoms with Crippen molar-refractivity contribution in [1.82, 2.24) is 0 Å². The molecule has 6 rings (SSSR count). The Morgan fingerprint density at radius 3 is 1.07 bits per heavy atom. The fourth-order valence-electron chi connectivity index (χ4n) is 5.87. The Morgan fingerprint density at radius 2 is 0.775 bits per heavy atom. The van der Waals surface area contributed by atoms with Crippen LogP contribution in [0.5, 0.6) is 0 Å². The maximum atomic E-state index is 16.3. The summed E-state index contributed by atoms with van der Waals surface area (Å²) in [6.07, 6.45) is 6.55. The van der Waals surface area contributed by atoms with Crippen molar-refractivity contribution in [1.29, 1.82) is 0 Å². The summed E-state index contributed by atoms with van der Waals surface area (Å²) in [7, 11) is -7.19. The van der Waals surface area contributed by atoms with Gasteiger partial charge in [0, 0.05) is 21.2 Å². The van der Waals surface area contributed by atoms with Crippen LogP contribution in [0.4, 0.5) is 0 Å². The molecule has 196 valence electrons. The second kappa shape index (κ2) is 10.9. The lowest BCUT2D eigenvalue weighted by molar-refractivity contribution is 0.562. The van der Waals surface area contributed by atoms with E-state index in [1.807, 2.05) is 152 Å². The molecule has 1 aliphatic rings. The van der Waals surface area contributed by atoms with E-state index >= 15 is 9.13 Å². The zero-order chi connectivity index (χ0) is 27.5. The van der Waals surface area contributed by atoms with Gasteiger partial charge >= 0.3 is 0 Å². The van der Waals surface area contributed by atoms with Gasteiger partial charge in [-0.05, 0) is 17.6 Å². The van der Waals surface area contributed by atoms with Gasteiger partial charge in [0.25, 0.3) is 0 Å². The summed E-state index contributed by atoms with van der Waals surface area (Å²) in [6.45, 7) is 0. The largest absolute Gasteiger partial charge is 0.312 e. The molecule has 1 aliphatic carbocycles. The first-order valence-corrected chi connectivity index (χ1v) is 16.9. The maximum absolute atomic E-state index is 16.3. The second-order valence-corrected chi connectivity index (χ2v) is 16.5. The molecule has 0 saturated heterocycles. The molecule has 2 nitrogen and oxygen atoms in total. The zero-order valence-corrected chi connectivity index (χ0v) is 23.9. The molecule has 0 amide bonds. The molecule has 0 atom stereocenters. The Balaban J connectivity index is 1.72. The van der Waals surface area contributed by atoms with E-state index in [4.69, 9.17) is 0 Å². The van der Waals surface area contributed by atoms with Crippen LogP contribution in [0.3, 0.4) is 0 Å². The van der Waals surface area contributed by atoms with Crippen LogP contribution in [-0.2, 0) is 9.13 Å². The summed E-state index contributed by atoms with van der Waals surface area (Å²) in [6, 6.07) is 48.7. The summed E-state index contributed by atoms with van der Waals surface area (Å²) in [4.78, 5) is -1.23. The Bertz CT molecular complexity index is 1560. The summed E-state index contributed by atoms with van der Waals surface area (Å²) in [5, 5.41) is 2.81. The lowest BCUT2D eigenvalue weighted by Gasteiger charge is -2.46. The van der Waals surface area contributed by atoms with E-state index in [0.29, 0.717) is 27.6 Å². The maximum Gasteiger partial charge on any atom is 0.160 e. The predicted octanol–water partition coefficient (Wildman–Crippen LogP) is 7.75. The Kier molecular flexibility index (Phi) is 7.16. The van der Waals surface area contributed by atoms with Crippen LogP contribution in [0.25, 0.3) is 5.57 Å². The van der Waals surface area contributed by atoms with E-state index in [1.54, 1.807) is 0 Å². The lowest BCUT2D eigenvalue weighted by Crippen LogP contribution is -2.43. The molecule has 0 unspecified atom stereocenters. The Morgan fingerprint density at radius 1 is 0.450 bits per heavy atom. The average molecular weight is 557 g/mol. The minimum absolute atomic E-state index is 0.357. The van der Waals surface area contributed by atoms with E-state index in [1.165, 1.54) is 0 Å². The molecule has 0 fully saturated rings. The third-order valence-electron chi connectivity index (χ3n) is 7.83. The summed E-state index contributed by atoms with van der Waals surface area (Å²) >= 11 is 0. The van der Waals surface area contributed by atoms with Crippen molar-refractivity contribution in [2.45, 2.75) is 11.3 Å². The van der Waals surface area contributed by atoms with E-state index < -0.39 is 19.2 Å². The van der Waals surface area contributed by atoms with Gasteiger partial charge in [-0.3, -0.25) is 0 Å².